The van der Waals surface area contributed by atoms with Crippen molar-refractivity contribution in [2.75, 3.05) is 6.61 Å². The summed E-state index contributed by atoms with van der Waals surface area (Å²) < 4.78 is 37.1. The van der Waals surface area contributed by atoms with Gasteiger partial charge in [0.1, 0.15) is 24.0 Å². The minimum Gasteiger partial charge on any atom is -0.361 e. The fraction of sp³-hybridized carbons (Fsp3) is 0.345. The second-order valence-electron chi connectivity index (χ2n) is 11.1. The third-order valence-electron chi connectivity index (χ3n) is 6.92. The van der Waals surface area contributed by atoms with Gasteiger partial charge in [0, 0.05) is 49.9 Å². The number of rotatable bonds is 9. The third kappa shape index (κ3) is 6.20. The smallest absolute Gasteiger partial charge is 0.142 e. The van der Waals surface area contributed by atoms with Crippen LogP contribution in [0.3, 0.4) is 0 Å². The van der Waals surface area contributed by atoms with Gasteiger partial charge in [0.2, 0.25) is 0 Å². The van der Waals surface area contributed by atoms with E-state index in [0.29, 0.717) is 18.7 Å². The molecule has 2 aromatic carbocycles. The predicted molar refractivity (Wildman–Crippen MR) is 150 cm³/mol. The topological polar surface area (TPSA) is 30.3 Å². The molecular weight excluding hydrogens is 552 g/mol. The minimum atomic E-state index is -1.17. The summed E-state index contributed by atoms with van der Waals surface area (Å²) in [5.41, 5.74) is 4.85. The van der Waals surface area contributed by atoms with Gasteiger partial charge in [-0.05, 0) is 69.4 Å². The molecule has 1 aliphatic rings. The van der Waals surface area contributed by atoms with E-state index >= 15 is 0 Å². The van der Waals surface area contributed by atoms with Gasteiger partial charge in [-0.3, -0.25) is 4.90 Å². The molecule has 3 heterocycles. The van der Waals surface area contributed by atoms with Gasteiger partial charge in [0.25, 0.3) is 0 Å². The molecule has 1 aliphatic heterocycles. The molecule has 2 aromatic heterocycles. The van der Waals surface area contributed by atoms with Crippen LogP contribution in [-0.4, -0.2) is 29.1 Å². The maximum Gasteiger partial charge on any atom is 0.142 e. The Morgan fingerprint density at radius 3 is 2.32 bits per heavy atom. The fourth-order valence-corrected chi connectivity index (χ4v) is 6.27. The summed E-state index contributed by atoms with van der Waals surface area (Å²) in [6, 6.07) is 17.2. The molecule has 0 saturated carbocycles. The van der Waals surface area contributed by atoms with Crippen LogP contribution < -0.4 is 0 Å². The number of nitrogens with zero attached hydrogens (tertiary/aromatic N) is 3. The fourth-order valence-electron chi connectivity index (χ4n) is 4.91. The normalized spacial score (nSPS) is 14.9. The largest absolute Gasteiger partial charge is 0.361 e. The summed E-state index contributed by atoms with van der Waals surface area (Å²) >= 11 is 3.76. The lowest BCUT2D eigenvalue weighted by atomic mass is 10.0. The molecule has 0 spiro atoms. The molecule has 5 rings (SSSR count). The zero-order chi connectivity index (χ0) is 26.2. The Morgan fingerprint density at radius 1 is 1.00 bits per heavy atom. The third-order valence-corrected chi connectivity index (χ3v) is 9.26. The first-order chi connectivity index (χ1) is 17.7. The van der Waals surface area contributed by atoms with Crippen LogP contribution in [0.25, 0.3) is 11.0 Å². The first kappa shape index (κ1) is 26.2. The highest BCUT2D eigenvalue weighted by atomic mass is 79.9. The molecule has 0 fully saturated rings. The summed E-state index contributed by atoms with van der Waals surface area (Å²) in [4.78, 5) is 7.46. The van der Waals surface area contributed by atoms with Crippen LogP contribution in [0.15, 0.2) is 65.3 Å². The Morgan fingerprint density at radius 2 is 1.68 bits per heavy atom. The summed E-state index contributed by atoms with van der Waals surface area (Å²) in [6.45, 7) is 9.71. The van der Waals surface area contributed by atoms with Crippen molar-refractivity contribution >= 4 is 35.0 Å². The Balaban J connectivity index is 1.48. The van der Waals surface area contributed by atoms with Gasteiger partial charge in [-0.25, -0.2) is 13.8 Å². The molecule has 1 unspecified atom stereocenters. The van der Waals surface area contributed by atoms with Gasteiger partial charge >= 0.3 is 0 Å². The van der Waals surface area contributed by atoms with E-state index in [2.05, 4.69) is 70.8 Å². The van der Waals surface area contributed by atoms with Crippen LogP contribution in [0.4, 0.5) is 8.78 Å². The van der Waals surface area contributed by atoms with Crippen molar-refractivity contribution in [3.63, 3.8) is 0 Å². The average molecular weight is 585 g/mol. The quantitative estimate of drug-likeness (QED) is 0.149. The average Bonchev–Trinajstić information content (AvgIpc) is 3.42. The highest BCUT2D eigenvalue weighted by Gasteiger charge is 2.30. The number of halogens is 3. The molecular formula is C29H32BrF2N3OSi. The number of hydrogen-bond acceptors (Lipinski definition) is 3. The van der Waals surface area contributed by atoms with E-state index < -0.39 is 19.7 Å². The molecule has 4 aromatic rings. The van der Waals surface area contributed by atoms with E-state index in [4.69, 9.17) is 9.72 Å². The first-order valence-electron chi connectivity index (χ1n) is 12.7. The van der Waals surface area contributed by atoms with Crippen molar-refractivity contribution < 1.29 is 13.5 Å². The monoisotopic (exact) mass is 583 g/mol. The van der Waals surface area contributed by atoms with Crippen LogP contribution in [0, 0.1) is 11.6 Å². The highest BCUT2D eigenvalue weighted by molar-refractivity contribution is 9.10. The van der Waals surface area contributed by atoms with E-state index in [-0.39, 0.29) is 6.04 Å². The lowest BCUT2D eigenvalue weighted by Crippen LogP contribution is -2.27. The van der Waals surface area contributed by atoms with Crippen molar-refractivity contribution in [3.05, 3.63) is 99.3 Å². The first-order valence-corrected chi connectivity index (χ1v) is 17.2. The molecule has 8 heteroatoms. The number of hydrogen-bond donors (Lipinski definition) is 0. The second-order valence-corrected chi connectivity index (χ2v) is 17.5. The van der Waals surface area contributed by atoms with Gasteiger partial charge in [-0.1, -0.05) is 43.9 Å². The van der Waals surface area contributed by atoms with Crippen molar-refractivity contribution in [1.82, 2.24) is 14.5 Å². The van der Waals surface area contributed by atoms with E-state index in [1.807, 2.05) is 16.8 Å². The number of aromatic nitrogens is 2. The summed E-state index contributed by atoms with van der Waals surface area (Å²) in [5, 5.41) is 1.02. The van der Waals surface area contributed by atoms with Gasteiger partial charge in [-0.15, -0.1) is 0 Å². The predicted octanol–water partition coefficient (Wildman–Crippen LogP) is 7.69. The van der Waals surface area contributed by atoms with Gasteiger partial charge in [-0.2, -0.15) is 0 Å². The molecule has 0 saturated heterocycles. The standard InChI is InChI=1S/C29H32BrF2N3OSi/c1-37(2,3)11-10-36-19-34-9-8-21-15-26(30)28(33-29(21)34)27(14-20-12-24(31)16-25(32)13-20)35-17-22-6-4-5-7-23(22)18-35/h4-9,12-13,15-16,27H,10-11,14,17-19H2,1-3H3. The molecule has 0 bridgehead atoms. The molecule has 37 heavy (non-hydrogen) atoms. The molecule has 194 valence electrons. The maximum absolute atomic E-state index is 14.1. The van der Waals surface area contributed by atoms with Gasteiger partial charge in [0.15, 0.2) is 0 Å². The maximum atomic E-state index is 14.1. The van der Waals surface area contributed by atoms with Gasteiger partial charge < -0.3 is 9.30 Å². The Bertz CT molecular complexity index is 1370. The van der Waals surface area contributed by atoms with Crippen molar-refractivity contribution in [1.29, 1.82) is 0 Å². The van der Waals surface area contributed by atoms with Crippen LogP contribution in [0.1, 0.15) is 28.4 Å². The Kier molecular flexibility index (Phi) is 7.63. The molecule has 0 N–H and O–H groups in total. The molecule has 1 atom stereocenters. The lowest BCUT2D eigenvalue weighted by molar-refractivity contribution is 0.0898. The summed E-state index contributed by atoms with van der Waals surface area (Å²) in [5.74, 6) is -1.13. The summed E-state index contributed by atoms with van der Waals surface area (Å²) in [7, 11) is -1.17. The van der Waals surface area contributed by atoms with Crippen molar-refractivity contribution in [2.45, 2.75) is 58.0 Å². The van der Waals surface area contributed by atoms with Crippen LogP contribution in [0.5, 0.6) is 0 Å². The zero-order valence-electron chi connectivity index (χ0n) is 21.5. The SMILES string of the molecule is C[Si](C)(C)CCOCn1ccc2cc(Br)c(C(Cc3cc(F)cc(F)c3)N3Cc4ccccc4C3)nc21. The number of ether oxygens (including phenoxy) is 1. The number of fused-ring (bicyclic) bond motifs is 2. The minimum absolute atomic E-state index is 0.177. The Hall–Kier alpha value is -2.39. The molecule has 0 radical (unpaired) electrons. The zero-order valence-corrected chi connectivity index (χ0v) is 24.1. The van der Waals surface area contributed by atoms with E-state index in [1.54, 1.807) is 0 Å². The lowest BCUT2D eigenvalue weighted by Gasteiger charge is -2.28. The highest BCUT2D eigenvalue weighted by Crippen LogP contribution is 2.37. The van der Waals surface area contributed by atoms with E-state index in [1.165, 1.54) is 23.3 Å². The van der Waals surface area contributed by atoms with Crippen molar-refractivity contribution in [3.8, 4) is 0 Å². The number of pyridine rings is 1. The van der Waals surface area contributed by atoms with Crippen LogP contribution >= 0.6 is 15.9 Å². The molecule has 0 aliphatic carbocycles. The molecule has 0 amide bonds. The van der Waals surface area contributed by atoms with Gasteiger partial charge in [0.05, 0.1) is 11.7 Å². The van der Waals surface area contributed by atoms with Crippen LogP contribution in [-0.2, 0) is 31.0 Å². The second kappa shape index (κ2) is 10.8. The number of benzene rings is 2. The van der Waals surface area contributed by atoms with E-state index in [0.717, 1.165) is 53.0 Å². The summed E-state index contributed by atoms with van der Waals surface area (Å²) in [6.07, 6.45) is 2.44. The van der Waals surface area contributed by atoms with Crippen molar-refractivity contribution in [2.24, 2.45) is 0 Å². The molecule has 4 nitrogen and oxygen atoms in total. The Labute approximate surface area is 226 Å². The van der Waals surface area contributed by atoms with Crippen LogP contribution in [0.2, 0.25) is 25.7 Å². The van der Waals surface area contributed by atoms with E-state index in [9.17, 15) is 8.78 Å².